The predicted molar refractivity (Wildman–Crippen MR) is 69.5 cm³/mol. The van der Waals surface area contributed by atoms with E-state index in [-0.39, 0.29) is 0 Å². The Balaban J connectivity index is 1.99. The second kappa shape index (κ2) is 5.30. The van der Waals surface area contributed by atoms with Crippen LogP contribution in [0.1, 0.15) is 31.9 Å². The maximum Gasteiger partial charge on any atom is 0.0700 e. The van der Waals surface area contributed by atoms with Gasteiger partial charge in [0.15, 0.2) is 0 Å². The van der Waals surface area contributed by atoms with E-state index in [1.54, 1.807) is 0 Å². The maximum absolute atomic E-state index is 5.55. The number of benzene rings is 1. The molecule has 0 saturated carbocycles. The van der Waals surface area contributed by atoms with Crippen molar-refractivity contribution in [2.24, 2.45) is 0 Å². The first-order valence-corrected chi connectivity index (χ1v) is 6.59. The maximum atomic E-state index is 5.55. The average Bonchev–Trinajstić information content (AvgIpc) is 2.64. The molecule has 0 aromatic heterocycles. The number of hydrogen-bond donors (Lipinski definition) is 1. The lowest BCUT2D eigenvalue weighted by atomic mass is 10.1. The van der Waals surface area contributed by atoms with Gasteiger partial charge in [0.05, 0.1) is 6.10 Å². The van der Waals surface area contributed by atoms with Crippen LogP contribution in [0.3, 0.4) is 0 Å². The van der Waals surface area contributed by atoms with E-state index in [2.05, 4.69) is 59.4 Å². The molecule has 3 heteroatoms. The smallest absolute Gasteiger partial charge is 0.0700 e. The minimum absolute atomic E-state index is 0.328. The van der Waals surface area contributed by atoms with Crippen LogP contribution in [0.15, 0.2) is 28.7 Å². The van der Waals surface area contributed by atoms with Gasteiger partial charge in [0.2, 0.25) is 0 Å². The fourth-order valence-electron chi connectivity index (χ4n) is 2.14. The monoisotopic (exact) mass is 283 g/mol. The van der Waals surface area contributed by atoms with Gasteiger partial charge in [-0.3, -0.25) is 0 Å². The second-order valence-corrected chi connectivity index (χ2v) is 5.33. The molecule has 88 valence electrons. The van der Waals surface area contributed by atoms with E-state index < -0.39 is 0 Å². The summed E-state index contributed by atoms with van der Waals surface area (Å²) in [7, 11) is 0. The van der Waals surface area contributed by atoms with E-state index in [4.69, 9.17) is 4.74 Å². The zero-order valence-corrected chi connectivity index (χ0v) is 11.3. The Morgan fingerprint density at radius 3 is 2.94 bits per heavy atom. The Kier molecular flexibility index (Phi) is 4.00. The third-order valence-electron chi connectivity index (χ3n) is 3.19. The van der Waals surface area contributed by atoms with Crippen molar-refractivity contribution in [2.45, 2.75) is 38.5 Å². The van der Waals surface area contributed by atoms with E-state index in [0.717, 1.165) is 17.5 Å². The van der Waals surface area contributed by atoms with Crippen LogP contribution >= 0.6 is 15.9 Å². The molecule has 3 atom stereocenters. The molecular formula is C13H18BrNO. The van der Waals surface area contributed by atoms with Crippen LogP contribution < -0.4 is 5.32 Å². The molecule has 1 aromatic rings. The molecule has 1 N–H and O–H groups in total. The van der Waals surface area contributed by atoms with Crippen molar-refractivity contribution in [3.05, 3.63) is 34.3 Å². The molecule has 0 radical (unpaired) electrons. The highest BCUT2D eigenvalue weighted by Gasteiger charge is 2.25. The molecule has 1 fully saturated rings. The fourth-order valence-corrected chi connectivity index (χ4v) is 2.56. The molecule has 1 aliphatic heterocycles. The summed E-state index contributed by atoms with van der Waals surface area (Å²) in [6, 6.07) is 9.30. The lowest BCUT2D eigenvalue weighted by molar-refractivity contribution is 0.111. The molecule has 2 nitrogen and oxygen atoms in total. The van der Waals surface area contributed by atoms with Gasteiger partial charge in [-0.15, -0.1) is 0 Å². The highest BCUT2D eigenvalue weighted by atomic mass is 79.9. The number of hydrogen-bond acceptors (Lipinski definition) is 2. The van der Waals surface area contributed by atoms with Gasteiger partial charge in [-0.25, -0.2) is 0 Å². The topological polar surface area (TPSA) is 21.3 Å². The van der Waals surface area contributed by atoms with E-state index >= 15 is 0 Å². The van der Waals surface area contributed by atoms with E-state index in [1.165, 1.54) is 5.56 Å². The predicted octanol–water partition coefficient (Wildman–Crippen LogP) is 3.28. The van der Waals surface area contributed by atoms with Crippen LogP contribution in [0.25, 0.3) is 0 Å². The molecule has 1 saturated heterocycles. The molecular weight excluding hydrogens is 266 g/mol. The molecule has 0 spiro atoms. The highest BCUT2D eigenvalue weighted by molar-refractivity contribution is 9.10. The number of halogens is 1. The van der Waals surface area contributed by atoms with Crippen molar-refractivity contribution < 1.29 is 4.74 Å². The largest absolute Gasteiger partial charge is 0.377 e. The SMILES string of the molecule is CC(NC1CCOC1C)c1cccc(Br)c1. The fraction of sp³-hybridized carbons (Fsp3) is 0.538. The first kappa shape index (κ1) is 12.1. The van der Waals surface area contributed by atoms with Gasteiger partial charge in [-0.05, 0) is 38.0 Å². The van der Waals surface area contributed by atoms with Gasteiger partial charge in [0, 0.05) is 23.2 Å². The minimum atomic E-state index is 0.328. The minimum Gasteiger partial charge on any atom is -0.377 e. The molecule has 2 rings (SSSR count). The van der Waals surface area contributed by atoms with Crippen molar-refractivity contribution in [2.75, 3.05) is 6.61 Å². The summed E-state index contributed by atoms with van der Waals surface area (Å²) >= 11 is 3.50. The Morgan fingerprint density at radius 1 is 1.50 bits per heavy atom. The van der Waals surface area contributed by atoms with Gasteiger partial charge in [-0.2, -0.15) is 0 Å². The van der Waals surface area contributed by atoms with Crippen molar-refractivity contribution in [3.8, 4) is 0 Å². The second-order valence-electron chi connectivity index (χ2n) is 4.41. The third-order valence-corrected chi connectivity index (χ3v) is 3.68. The van der Waals surface area contributed by atoms with Gasteiger partial charge in [0.25, 0.3) is 0 Å². The molecule has 1 aromatic carbocycles. The Labute approximate surface area is 106 Å². The van der Waals surface area contributed by atoms with Gasteiger partial charge in [0.1, 0.15) is 0 Å². The van der Waals surface area contributed by atoms with E-state index in [9.17, 15) is 0 Å². The summed E-state index contributed by atoms with van der Waals surface area (Å²) < 4.78 is 6.69. The lowest BCUT2D eigenvalue weighted by Crippen LogP contribution is -2.36. The Hall–Kier alpha value is -0.380. The summed E-state index contributed by atoms with van der Waals surface area (Å²) in [5.41, 5.74) is 1.31. The van der Waals surface area contributed by atoms with Crippen molar-refractivity contribution in [3.63, 3.8) is 0 Å². The first-order chi connectivity index (χ1) is 7.66. The zero-order chi connectivity index (χ0) is 11.5. The summed E-state index contributed by atoms with van der Waals surface area (Å²) in [4.78, 5) is 0. The molecule has 1 aliphatic rings. The normalized spacial score (nSPS) is 26.9. The summed E-state index contributed by atoms with van der Waals surface area (Å²) in [6.45, 7) is 5.22. The lowest BCUT2D eigenvalue weighted by Gasteiger charge is -2.22. The molecule has 16 heavy (non-hydrogen) atoms. The van der Waals surface area contributed by atoms with Crippen molar-refractivity contribution in [1.82, 2.24) is 5.32 Å². The van der Waals surface area contributed by atoms with Crippen molar-refractivity contribution in [1.29, 1.82) is 0 Å². The van der Waals surface area contributed by atoms with Crippen LogP contribution in [-0.2, 0) is 4.74 Å². The Morgan fingerprint density at radius 2 is 2.31 bits per heavy atom. The van der Waals surface area contributed by atoms with E-state index in [0.29, 0.717) is 18.2 Å². The first-order valence-electron chi connectivity index (χ1n) is 5.80. The molecule has 0 bridgehead atoms. The molecule has 3 unspecified atom stereocenters. The van der Waals surface area contributed by atoms with Crippen LogP contribution in [0, 0.1) is 0 Å². The Bertz CT molecular complexity index is 356. The summed E-state index contributed by atoms with van der Waals surface area (Å²) in [5, 5.41) is 3.63. The standard InChI is InChI=1S/C13H18BrNO/c1-9(11-4-3-5-12(14)8-11)15-13-6-7-16-10(13)2/h3-5,8-10,13,15H,6-7H2,1-2H3. The summed E-state index contributed by atoms with van der Waals surface area (Å²) in [6.07, 6.45) is 1.44. The number of ether oxygens (including phenoxy) is 1. The van der Waals surface area contributed by atoms with Crippen LogP contribution in [0.5, 0.6) is 0 Å². The average molecular weight is 284 g/mol. The number of rotatable bonds is 3. The van der Waals surface area contributed by atoms with Gasteiger partial charge >= 0.3 is 0 Å². The molecule has 0 aliphatic carbocycles. The van der Waals surface area contributed by atoms with Crippen LogP contribution in [0.4, 0.5) is 0 Å². The van der Waals surface area contributed by atoms with Crippen LogP contribution in [0.2, 0.25) is 0 Å². The zero-order valence-electron chi connectivity index (χ0n) is 9.74. The van der Waals surface area contributed by atoms with Gasteiger partial charge < -0.3 is 10.1 Å². The highest BCUT2D eigenvalue weighted by Crippen LogP contribution is 2.21. The summed E-state index contributed by atoms with van der Waals surface area (Å²) in [5.74, 6) is 0. The quantitative estimate of drug-likeness (QED) is 0.919. The molecule has 0 amide bonds. The molecule has 1 heterocycles. The van der Waals surface area contributed by atoms with Crippen LogP contribution in [-0.4, -0.2) is 18.8 Å². The van der Waals surface area contributed by atoms with Crippen molar-refractivity contribution >= 4 is 15.9 Å². The van der Waals surface area contributed by atoms with Gasteiger partial charge in [-0.1, -0.05) is 28.1 Å². The van der Waals surface area contributed by atoms with E-state index in [1.807, 2.05) is 0 Å². The number of nitrogens with one attached hydrogen (secondary N) is 1. The third kappa shape index (κ3) is 2.84.